The lowest BCUT2D eigenvalue weighted by atomic mass is 9.82. The number of allylic oxidation sites excluding steroid dienone is 1. The number of pyridine rings is 1. The molecule has 1 heterocycles. The van der Waals surface area contributed by atoms with Gasteiger partial charge in [0.15, 0.2) is 0 Å². The van der Waals surface area contributed by atoms with Crippen LogP contribution in [0, 0.1) is 17.8 Å². The van der Waals surface area contributed by atoms with Crippen molar-refractivity contribution in [1.29, 1.82) is 0 Å². The van der Waals surface area contributed by atoms with E-state index in [4.69, 9.17) is 4.74 Å². The Morgan fingerprint density at radius 2 is 1.72 bits per heavy atom. The number of benzene rings is 1. The molecule has 0 aliphatic heterocycles. The van der Waals surface area contributed by atoms with Gasteiger partial charge < -0.3 is 4.74 Å². The molecule has 0 radical (unpaired) electrons. The van der Waals surface area contributed by atoms with Crippen LogP contribution in [0.15, 0.2) is 60.8 Å². The lowest BCUT2D eigenvalue weighted by Gasteiger charge is -2.29. The van der Waals surface area contributed by atoms with Gasteiger partial charge in [-0.3, -0.25) is 20.4 Å². The summed E-state index contributed by atoms with van der Waals surface area (Å²) in [7, 11) is 0. The van der Waals surface area contributed by atoms with Crippen LogP contribution in [-0.4, -0.2) is 22.5 Å². The standard InChI is InChI=1S/C26H35N3O3/c1-19(2)18-22(24(30)29-28-23-16-9-10-17-27-23)21(25(31)32-26(3,4)5)15-11-14-20-12-7-6-8-13-20/h6-14,16-17,19,21-22H,15,18H2,1-5H3,(H,27,28)(H,29,30)/b14-11+/t21-,22+/m0/s1. The van der Waals surface area contributed by atoms with Crippen LogP contribution < -0.4 is 10.9 Å². The average molecular weight is 438 g/mol. The molecule has 1 aromatic carbocycles. The number of amides is 1. The quantitative estimate of drug-likeness (QED) is 0.392. The van der Waals surface area contributed by atoms with Gasteiger partial charge in [0, 0.05) is 6.20 Å². The van der Waals surface area contributed by atoms with E-state index in [1.807, 2.05) is 83.2 Å². The molecule has 0 fully saturated rings. The molecule has 172 valence electrons. The lowest BCUT2D eigenvalue weighted by Crippen LogP contribution is -2.43. The zero-order valence-corrected chi connectivity index (χ0v) is 19.7. The summed E-state index contributed by atoms with van der Waals surface area (Å²) < 4.78 is 5.69. The van der Waals surface area contributed by atoms with Gasteiger partial charge in [0.2, 0.25) is 5.91 Å². The fourth-order valence-electron chi connectivity index (χ4n) is 3.33. The van der Waals surface area contributed by atoms with E-state index in [-0.39, 0.29) is 17.8 Å². The number of aromatic nitrogens is 1. The van der Waals surface area contributed by atoms with Gasteiger partial charge in [0.25, 0.3) is 0 Å². The van der Waals surface area contributed by atoms with Crippen LogP contribution in [0.5, 0.6) is 0 Å². The van der Waals surface area contributed by atoms with Crippen molar-refractivity contribution in [3.63, 3.8) is 0 Å². The second-order valence-corrected chi connectivity index (χ2v) is 9.25. The summed E-state index contributed by atoms with van der Waals surface area (Å²) in [6, 6.07) is 15.2. The van der Waals surface area contributed by atoms with Gasteiger partial charge in [-0.25, -0.2) is 4.98 Å². The first-order valence-corrected chi connectivity index (χ1v) is 11.1. The fourth-order valence-corrected chi connectivity index (χ4v) is 3.33. The minimum atomic E-state index is -0.635. The molecule has 2 rings (SSSR count). The van der Waals surface area contributed by atoms with Gasteiger partial charge in [0.1, 0.15) is 11.4 Å². The Hall–Kier alpha value is -3.15. The Kier molecular flexibility index (Phi) is 9.44. The fraction of sp³-hybridized carbons (Fsp3) is 0.423. The van der Waals surface area contributed by atoms with E-state index in [1.165, 1.54) is 0 Å². The first kappa shape index (κ1) is 25.1. The second-order valence-electron chi connectivity index (χ2n) is 9.25. The molecule has 0 saturated heterocycles. The summed E-state index contributed by atoms with van der Waals surface area (Å²) in [5.74, 6) is -1.03. The molecule has 32 heavy (non-hydrogen) atoms. The van der Waals surface area contributed by atoms with Gasteiger partial charge in [-0.15, -0.1) is 0 Å². The largest absolute Gasteiger partial charge is 0.460 e. The number of ether oxygens (including phenoxy) is 1. The van der Waals surface area contributed by atoms with E-state index in [0.717, 1.165) is 5.56 Å². The number of carbonyl (C=O) groups excluding carboxylic acids is 2. The molecular weight excluding hydrogens is 402 g/mol. The molecule has 6 heteroatoms. The Bertz CT molecular complexity index is 874. The number of hydrogen-bond acceptors (Lipinski definition) is 5. The third-order valence-electron chi connectivity index (χ3n) is 4.74. The SMILES string of the molecule is CC(C)C[C@@H](C(=O)NNc1ccccn1)[C@H](C/C=C/c1ccccc1)C(=O)OC(C)(C)C. The Morgan fingerprint density at radius 1 is 1.03 bits per heavy atom. The van der Waals surface area contributed by atoms with Gasteiger partial charge in [-0.2, -0.15) is 0 Å². The summed E-state index contributed by atoms with van der Waals surface area (Å²) in [5, 5.41) is 0. The predicted molar refractivity (Wildman–Crippen MR) is 128 cm³/mol. The number of rotatable bonds is 10. The van der Waals surface area contributed by atoms with Crippen molar-refractivity contribution in [2.45, 2.75) is 53.1 Å². The van der Waals surface area contributed by atoms with Crippen molar-refractivity contribution in [3.8, 4) is 0 Å². The molecule has 1 aromatic heterocycles. The lowest BCUT2D eigenvalue weighted by molar-refractivity contribution is -0.164. The van der Waals surface area contributed by atoms with Crippen LogP contribution in [-0.2, 0) is 14.3 Å². The van der Waals surface area contributed by atoms with Crippen molar-refractivity contribution in [2.24, 2.45) is 17.8 Å². The van der Waals surface area contributed by atoms with Gasteiger partial charge in [-0.05, 0) is 57.2 Å². The molecule has 2 atom stereocenters. The molecule has 6 nitrogen and oxygen atoms in total. The molecule has 2 aromatic rings. The van der Waals surface area contributed by atoms with E-state index in [9.17, 15) is 9.59 Å². The maximum Gasteiger partial charge on any atom is 0.310 e. The van der Waals surface area contributed by atoms with Gasteiger partial charge >= 0.3 is 5.97 Å². The summed E-state index contributed by atoms with van der Waals surface area (Å²) >= 11 is 0. The van der Waals surface area contributed by atoms with Gasteiger partial charge in [-0.1, -0.05) is 62.4 Å². The van der Waals surface area contributed by atoms with Crippen molar-refractivity contribution in [3.05, 3.63) is 66.4 Å². The van der Waals surface area contributed by atoms with Crippen molar-refractivity contribution >= 4 is 23.8 Å². The second kappa shape index (κ2) is 12.0. The number of hydrogen-bond donors (Lipinski definition) is 2. The summed E-state index contributed by atoms with van der Waals surface area (Å²) in [4.78, 5) is 30.5. The summed E-state index contributed by atoms with van der Waals surface area (Å²) in [6.07, 6.45) is 6.50. The Morgan fingerprint density at radius 3 is 2.31 bits per heavy atom. The first-order valence-electron chi connectivity index (χ1n) is 11.1. The molecule has 0 aliphatic rings. The van der Waals surface area contributed by atoms with Crippen LogP contribution >= 0.6 is 0 Å². The number of hydrazine groups is 1. The number of carbonyl (C=O) groups is 2. The third kappa shape index (κ3) is 8.92. The van der Waals surface area contributed by atoms with Crippen molar-refractivity contribution in [2.75, 3.05) is 5.43 Å². The number of anilines is 1. The van der Waals surface area contributed by atoms with Crippen molar-refractivity contribution < 1.29 is 14.3 Å². The topological polar surface area (TPSA) is 80.3 Å². The van der Waals surface area contributed by atoms with Crippen LogP contribution in [0.3, 0.4) is 0 Å². The summed E-state index contributed by atoms with van der Waals surface area (Å²) in [5.41, 5.74) is 5.97. The molecule has 0 aliphatic carbocycles. The highest BCUT2D eigenvalue weighted by Crippen LogP contribution is 2.28. The maximum atomic E-state index is 13.2. The maximum absolute atomic E-state index is 13.2. The minimum absolute atomic E-state index is 0.226. The van der Waals surface area contributed by atoms with Crippen molar-refractivity contribution in [1.82, 2.24) is 10.4 Å². The van der Waals surface area contributed by atoms with E-state index < -0.39 is 17.4 Å². The van der Waals surface area contributed by atoms with E-state index in [0.29, 0.717) is 18.7 Å². The molecule has 1 amide bonds. The van der Waals surface area contributed by atoms with E-state index >= 15 is 0 Å². The predicted octanol–water partition coefficient (Wildman–Crippen LogP) is 5.25. The smallest absolute Gasteiger partial charge is 0.310 e. The molecule has 0 saturated carbocycles. The highest BCUT2D eigenvalue weighted by Gasteiger charge is 2.36. The third-order valence-corrected chi connectivity index (χ3v) is 4.74. The number of esters is 1. The number of nitrogens with zero attached hydrogens (tertiary/aromatic N) is 1. The molecule has 2 N–H and O–H groups in total. The number of nitrogens with one attached hydrogen (secondary N) is 2. The zero-order valence-electron chi connectivity index (χ0n) is 19.7. The monoisotopic (exact) mass is 437 g/mol. The molecular formula is C26H35N3O3. The van der Waals surface area contributed by atoms with Crippen LogP contribution in [0.2, 0.25) is 0 Å². The van der Waals surface area contributed by atoms with E-state index in [2.05, 4.69) is 15.8 Å². The van der Waals surface area contributed by atoms with Gasteiger partial charge in [0.05, 0.1) is 11.8 Å². The zero-order chi connectivity index (χ0) is 23.6. The highest BCUT2D eigenvalue weighted by atomic mass is 16.6. The minimum Gasteiger partial charge on any atom is -0.460 e. The molecule has 0 unspecified atom stereocenters. The van der Waals surface area contributed by atoms with Crippen LogP contribution in [0.1, 0.15) is 53.0 Å². The molecule has 0 bridgehead atoms. The molecule has 0 spiro atoms. The summed E-state index contributed by atoms with van der Waals surface area (Å²) in [6.45, 7) is 9.59. The van der Waals surface area contributed by atoms with E-state index in [1.54, 1.807) is 18.3 Å². The normalized spacial score (nSPS) is 13.6. The highest BCUT2D eigenvalue weighted by molar-refractivity contribution is 5.86. The first-order chi connectivity index (χ1) is 15.2. The van der Waals surface area contributed by atoms with Crippen LogP contribution in [0.25, 0.3) is 6.08 Å². The average Bonchev–Trinajstić information content (AvgIpc) is 2.74. The Labute approximate surface area is 191 Å². The Balaban J connectivity index is 2.22. The van der Waals surface area contributed by atoms with Crippen LogP contribution in [0.4, 0.5) is 5.82 Å².